The smallest absolute Gasteiger partial charge is 0.246 e. The molecule has 80 valence electrons. The minimum atomic E-state index is 0.0213. The van der Waals surface area contributed by atoms with Crippen molar-refractivity contribution in [2.75, 3.05) is 6.61 Å². The molecule has 4 heteroatoms. The van der Waals surface area contributed by atoms with Crippen LogP contribution in [0, 0.1) is 0 Å². The van der Waals surface area contributed by atoms with E-state index in [0.29, 0.717) is 6.04 Å². The summed E-state index contributed by atoms with van der Waals surface area (Å²) in [5.74, 6) is 0.0213. The Morgan fingerprint density at radius 2 is 2.14 bits per heavy atom. The predicted molar refractivity (Wildman–Crippen MR) is 52.7 cm³/mol. The number of carbonyl (C=O) groups is 1. The van der Waals surface area contributed by atoms with E-state index in [2.05, 4.69) is 5.32 Å². The molecule has 2 fully saturated rings. The Labute approximate surface area is 84.2 Å². The maximum absolute atomic E-state index is 11.3. The number of carbonyl (C=O) groups excluding carboxylic acids is 1. The number of nitrogens with one attached hydrogen (secondary N) is 1. The molecule has 2 aliphatic rings. The molecule has 2 unspecified atom stereocenters. The van der Waals surface area contributed by atoms with E-state index in [1.54, 1.807) is 0 Å². The molecule has 0 spiro atoms. The number of rotatable bonds is 4. The van der Waals surface area contributed by atoms with Gasteiger partial charge in [-0.3, -0.25) is 4.79 Å². The fraction of sp³-hybridized carbons (Fsp3) is 0.900. The summed E-state index contributed by atoms with van der Waals surface area (Å²) in [4.78, 5) is 11.3. The van der Waals surface area contributed by atoms with E-state index in [1.807, 2.05) is 0 Å². The molecule has 14 heavy (non-hydrogen) atoms. The van der Waals surface area contributed by atoms with E-state index in [4.69, 9.17) is 10.5 Å². The summed E-state index contributed by atoms with van der Waals surface area (Å²) in [6, 6.07) is 0.698. The second-order valence-electron chi connectivity index (χ2n) is 4.35. The molecular weight excluding hydrogens is 180 g/mol. The first-order valence-corrected chi connectivity index (χ1v) is 5.40. The van der Waals surface area contributed by atoms with Crippen LogP contribution in [0.25, 0.3) is 0 Å². The molecule has 0 radical (unpaired) electrons. The minimum absolute atomic E-state index is 0.0213. The molecule has 0 aromatic carbocycles. The van der Waals surface area contributed by atoms with Crippen LogP contribution in [0.5, 0.6) is 0 Å². The normalized spacial score (nSPS) is 31.8. The third-order valence-electron chi connectivity index (χ3n) is 2.82. The standard InChI is InChI=1S/C10H18N2O2/c11-7-1-4-9(5-7)14-6-10(13)12-8-2-3-8/h7-9H,1-6,11H2,(H,12,13). The lowest BCUT2D eigenvalue weighted by Gasteiger charge is -2.11. The predicted octanol–water partition coefficient (Wildman–Crippen LogP) is 0.161. The van der Waals surface area contributed by atoms with E-state index in [1.165, 1.54) is 0 Å². The van der Waals surface area contributed by atoms with Crippen molar-refractivity contribution in [3.8, 4) is 0 Å². The molecule has 0 aromatic rings. The maximum atomic E-state index is 11.3. The summed E-state index contributed by atoms with van der Waals surface area (Å²) in [5.41, 5.74) is 5.74. The molecule has 3 N–H and O–H groups in total. The number of hydrogen-bond acceptors (Lipinski definition) is 3. The summed E-state index contributed by atoms with van der Waals surface area (Å²) in [5, 5.41) is 2.89. The van der Waals surface area contributed by atoms with Crippen LogP contribution < -0.4 is 11.1 Å². The third kappa shape index (κ3) is 2.96. The van der Waals surface area contributed by atoms with Gasteiger partial charge < -0.3 is 15.8 Å². The van der Waals surface area contributed by atoms with E-state index >= 15 is 0 Å². The maximum Gasteiger partial charge on any atom is 0.246 e. The summed E-state index contributed by atoms with van der Waals surface area (Å²) < 4.78 is 5.47. The fourth-order valence-electron chi connectivity index (χ4n) is 1.82. The lowest BCUT2D eigenvalue weighted by Crippen LogP contribution is -2.31. The average Bonchev–Trinajstić information content (AvgIpc) is 2.85. The van der Waals surface area contributed by atoms with Gasteiger partial charge in [-0.25, -0.2) is 0 Å². The Balaban J connectivity index is 1.59. The highest BCUT2D eigenvalue weighted by Gasteiger charge is 2.25. The van der Waals surface area contributed by atoms with Gasteiger partial charge in [0.15, 0.2) is 0 Å². The number of nitrogens with two attached hydrogens (primary N) is 1. The Morgan fingerprint density at radius 1 is 1.36 bits per heavy atom. The topological polar surface area (TPSA) is 64.3 Å². The SMILES string of the molecule is NC1CCC(OCC(=O)NC2CC2)C1. The zero-order valence-electron chi connectivity index (χ0n) is 8.37. The summed E-state index contributed by atoms with van der Waals surface area (Å²) >= 11 is 0. The molecule has 4 nitrogen and oxygen atoms in total. The van der Waals surface area contributed by atoms with Gasteiger partial charge in [-0.2, -0.15) is 0 Å². The van der Waals surface area contributed by atoms with Crippen molar-refractivity contribution in [3.63, 3.8) is 0 Å². The van der Waals surface area contributed by atoms with Crippen molar-refractivity contribution in [1.29, 1.82) is 0 Å². The molecular formula is C10H18N2O2. The zero-order chi connectivity index (χ0) is 9.97. The zero-order valence-corrected chi connectivity index (χ0v) is 8.37. The van der Waals surface area contributed by atoms with E-state index in [0.717, 1.165) is 32.1 Å². The van der Waals surface area contributed by atoms with Gasteiger partial charge in [-0.1, -0.05) is 0 Å². The van der Waals surface area contributed by atoms with Crippen LogP contribution in [0.1, 0.15) is 32.1 Å². The van der Waals surface area contributed by atoms with Crippen molar-refractivity contribution in [1.82, 2.24) is 5.32 Å². The lowest BCUT2D eigenvalue weighted by atomic mass is 10.3. The van der Waals surface area contributed by atoms with Crippen LogP contribution in [0.3, 0.4) is 0 Å². The van der Waals surface area contributed by atoms with Gasteiger partial charge in [0.05, 0.1) is 6.10 Å². The van der Waals surface area contributed by atoms with Crippen LogP contribution in [0.2, 0.25) is 0 Å². The van der Waals surface area contributed by atoms with Gasteiger partial charge in [0.2, 0.25) is 5.91 Å². The monoisotopic (exact) mass is 198 g/mol. The Kier molecular flexibility index (Phi) is 3.03. The van der Waals surface area contributed by atoms with Crippen LogP contribution in [-0.2, 0) is 9.53 Å². The Hall–Kier alpha value is -0.610. The van der Waals surface area contributed by atoms with Crippen molar-refractivity contribution < 1.29 is 9.53 Å². The average molecular weight is 198 g/mol. The van der Waals surface area contributed by atoms with Crippen molar-refractivity contribution in [2.45, 2.75) is 50.3 Å². The Morgan fingerprint density at radius 3 is 2.71 bits per heavy atom. The number of ether oxygens (including phenoxy) is 1. The quantitative estimate of drug-likeness (QED) is 0.676. The molecule has 0 saturated heterocycles. The van der Waals surface area contributed by atoms with Gasteiger partial charge in [0.1, 0.15) is 6.61 Å². The number of amides is 1. The third-order valence-corrected chi connectivity index (χ3v) is 2.82. The highest BCUT2D eigenvalue weighted by molar-refractivity contribution is 5.77. The van der Waals surface area contributed by atoms with Gasteiger partial charge in [-0.05, 0) is 32.1 Å². The second kappa shape index (κ2) is 4.28. The summed E-state index contributed by atoms with van der Waals surface area (Å²) in [6.07, 6.45) is 5.37. The first kappa shape index (κ1) is 9.93. The molecule has 2 rings (SSSR count). The van der Waals surface area contributed by atoms with Crippen molar-refractivity contribution >= 4 is 5.91 Å². The summed E-state index contributed by atoms with van der Waals surface area (Å²) in [6.45, 7) is 0.202. The molecule has 2 saturated carbocycles. The molecule has 1 amide bonds. The molecule has 0 bridgehead atoms. The molecule has 2 atom stereocenters. The first-order valence-electron chi connectivity index (χ1n) is 5.40. The van der Waals surface area contributed by atoms with Crippen LogP contribution in [0.4, 0.5) is 0 Å². The largest absolute Gasteiger partial charge is 0.368 e. The van der Waals surface area contributed by atoms with Crippen molar-refractivity contribution in [3.05, 3.63) is 0 Å². The number of hydrogen-bond donors (Lipinski definition) is 2. The summed E-state index contributed by atoms with van der Waals surface area (Å²) in [7, 11) is 0. The lowest BCUT2D eigenvalue weighted by molar-refractivity contribution is -0.127. The molecule has 2 aliphatic carbocycles. The molecule has 0 aliphatic heterocycles. The van der Waals surface area contributed by atoms with Gasteiger partial charge >= 0.3 is 0 Å². The molecule has 0 heterocycles. The van der Waals surface area contributed by atoms with Gasteiger partial charge in [0, 0.05) is 12.1 Å². The highest BCUT2D eigenvalue weighted by Crippen LogP contribution is 2.21. The van der Waals surface area contributed by atoms with Crippen LogP contribution in [-0.4, -0.2) is 30.7 Å². The van der Waals surface area contributed by atoms with E-state index < -0.39 is 0 Å². The van der Waals surface area contributed by atoms with E-state index in [9.17, 15) is 4.79 Å². The van der Waals surface area contributed by atoms with Crippen molar-refractivity contribution in [2.24, 2.45) is 5.73 Å². The minimum Gasteiger partial charge on any atom is -0.368 e. The van der Waals surface area contributed by atoms with Gasteiger partial charge in [-0.15, -0.1) is 0 Å². The fourth-order valence-corrected chi connectivity index (χ4v) is 1.82. The van der Waals surface area contributed by atoms with Crippen LogP contribution >= 0.6 is 0 Å². The Bertz CT molecular complexity index is 216. The second-order valence-corrected chi connectivity index (χ2v) is 4.35. The van der Waals surface area contributed by atoms with E-state index in [-0.39, 0.29) is 24.7 Å². The molecule has 0 aromatic heterocycles. The van der Waals surface area contributed by atoms with Crippen LogP contribution in [0.15, 0.2) is 0 Å². The first-order chi connectivity index (χ1) is 6.74. The van der Waals surface area contributed by atoms with Gasteiger partial charge in [0.25, 0.3) is 0 Å². The highest BCUT2D eigenvalue weighted by atomic mass is 16.5.